The Hall–Kier alpha value is -2.47. The molecule has 2 heterocycles. The molecule has 0 spiro atoms. The van der Waals surface area contributed by atoms with E-state index in [0.717, 1.165) is 22.9 Å². The number of amides is 1. The summed E-state index contributed by atoms with van der Waals surface area (Å²) in [5, 5.41) is 6.96. The molecule has 0 aliphatic heterocycles. The lowest BCUT2D eigenvalue weighted by Crippen LogP contribution is -2.26. The predicted molar refractivity (Wildman–Crippen MR) is 97.1 cm³/mol. The van der Waals surface area contributed by atoms with Gasteiger partial charge in [0.05, 0.1) is 11.4 Å². The number of rotatable bonds is 5. The van der Waals surface area contributed by atoms with Crippen molar-refractivity contribution in [2.75, 3.05) is 11.9 Å². The van der Waals surface area contributed by atoms with Gasteiger partial charge in [-0.15, -0.1) is 11.3 Å². The molecule has 5 nitrogen and oxygen atoms in total. The summed E-state index contributed by atoms with van der Waals surface area (Å²) < 4.78 is 1.74. The van der Waals surface area contributed by atoms with Crippen molar-refractivity contribution in [2.24, 2.45) is 0 Å². The molecule has 3 aromatic rings. The first kappa shape index (κ1) is 16.4. The van der Waals surface area contributed by atoms with Gasteiger partial charge in [0.1, 0.15) is 0 Å². The van der Waals surface area contributed by atoms with Crippen LogP contribution in [0.25, 0.3) is 5.69 Å². The number of hydrogen-bond acceptors (Lipinski definition) is 4. The van der Waals surface area contributed by atoms with Crippen molar-refractivity contribution in [1.82, 2.24) is 14.8 Å². The van der Waals surface area contributed by atoms with Crippen molar-refractivity contribution >= 4 is 22.4 Å². The second-order valence-electron chi connectivity index (χ2n) is 5.73. The lowest BCUT2D eigenvalue weighted by atomic mass is 10.1. The van der Waals surface area contributed by atoms with Gasteiger partial charge in [-0.1, -0.05) is 19.9 Å². The van der Waals surface area contributed by atoms with E-state index in [1.54, 1.807) is 22.8 Å². The largest absolute Gasteiger partial charge is 0.287 e. The SMILES string of the molecule is CC[C@H](C)c1csc(N(C)C(=O)c2cccc(-n3cccn3)c2)n1. The average Bonchev–Trinajstić information content (AvgIpc) is 3.31. The predicted octanol–water partition coefficient (Wildman–Crippen LogP) is 4.12. The van der Waals surface area contributed by atoms with Gasteiger partial charge in [0.25, 0.3) is 5.91 Å². The smallest absolute Gasteiger partial charge is 0.259 e. The number of hydrogen-bond donors (Lipinski definition) is 0. The van der Waals surface area contributed by atoms with Crippen molar-refractivity contribution in [3.63, 3.8) is 0 Å². The highest BCUT2D eigenvalue weighted by Gasteiger charge is 2.18. The Morgan fingerprint density at radius 2 is 2.21 bits per heavy atom. The Morgan fingerprint density at radius 3 is 2.92 bits per heavy atom. The molecule has 0 unspecified atom stereocenters. The van der Waals surface area contributed by atoms with E-state index in [2.05, 4.69) is 23.9 Å². The van der Waals surface area contributed by atoms with Crippen LogP contribution in [0.3, 0.4) is 0 Å². The molecule has 1 atom stereocenters. The highest BCUT2D eigenvalue weighted by molar-refractivity contribution is 7.14. The second kappa shape index (κ2) is 6.97. The van der Waals surface area contributed by atoms with Crippen molar-refractivity contribution in [3.8, 4) is 5.69 Å². The van der Waals surface area contributed by atoms with E-state index in [0.29, 0.717) is 11.5 Å². The van der Waals surface area contributed by atoms with E-state index in [1.165, 1.54) is 11.3 Å². The summed E-state index contributed by atoms with van der Waals surface area (Å²) in [6, 6.07) is 9.30. The molecule has 24 heavy (non-hydrogen) atoms. The van der Waals surface area contributed by atoms with E-state index in [4.69, 9.17) is 0 Å². The van der Waals surface area contributed by atoms with Crippen LogP contribution in [0.4, 0.5) is 5.13 Å². The maximum Gasteiger partial charge on any atom is 0.259 e. The number of anilines is 1. The molecule has 2 aromatic heterocycles. The first-order valence-corrected chi connectivity index (χ1v) is 8.81. The van der Waals surface area contributed by atoms with E-state index in [9.17, 15) is 4.79 Å². The van der Waals surface area contributed by atoms with E-state index < -0.39 is 0 Å². The summed E-state index contributed by atoms with van der Waals surface area (Å²) in [7, 11) is 1.77. The summed E-state index contributed by atoms with van der Waals surface area (Å²) >= 11 is 1.50. The minimum Gasteiger partial charge on any atom is -0.287 e. The van der Waals surface area contributed by atoms with E-state index >= 15 is 0 Å². The molecule has 0 bridgehead atoms. The van der Waals surface area contributed by atoms with Gasteiger partial charge < -0.3 is 0 Å². The van der Waals surface area contributed by atoms with Gasteiger partial charge in [0, 0.05) is 30.4 Å². The van der Waals surface area contributed by atoms with Crippen LogP contribution in [0.15, 0.2) is 48.1 Å². The molecular weight excluding hydrogens is 320 g/mol. The summed E-state index contributed by atoms with van der Waals surface area (Å²) in [6.07, 6.45) is 4.60. The molecule has 0 N–H and O–H groups in total. The lowest BCUT2D eigenvalue weighted by Gasteiger charge is -2.14. The maximum absolute atomic E-state index is 12.8. The van der Waals surface area contributed by atoms with Crippen LogP contribution in [0.5, 0.6) is 0 Å². The van der Waals surface area contributed by atoms with Gasteiger partial charge in [-0.05, 0) is 36.6 Å². The maximum atomic E-state index is 12.8. The van der Waals surface area contributed by atoms with Gasteiger partial charge in [0.2, 0.25) is 0 Å². The molecule has 124 valence electrons. The number of benzene rings is 1. The molecule has 0 radical (unpaired) electrons. The third kappa shape index (κ3) is 3.23. The third-order valence-corrected chi connectivity index (χ3v) is 5.02. The van der Waals surface area contributed by atoms with Crippen molar-refractivity contribution < 1.29 is 4.79 Å². The monoisotopic (exact) mass is 340 g/mol. The van der Waals surface area contributed by atoms with Gasteiger partial charge in [0.15, 0.2) is 5.13 Å². The number of aromatic nitrogens is 3. The number of carbonyl (C=O) groups is 1. The minimum atomic E-state index is -0.0749. The van der Waals surface area contributed by atoms with Crippen LogP contribution in [-0.4, -0.2) is 27.7 Å². The summed E-state index contributed by atoms with van der Waals surface area (Å²) in [5.74, 6) is 0.329. The number of nitrogens with zero attached hydrogens (tertiary/aromatic N) is 4. The number of carbonyl (C=O) groups excluding carboxylic acids is 1. The van der Waals surface area contributed by atoms with Crippen molar-refractivity contribution in [1.29, 1.82) is 0 Å². The molecule has 0 aliphatic carbocycles. The van der Waals surface area contributed by atoms with Crippen LogP contribution in [0.2, 0.25) is 0 Å². The molecule has 0 saturated heterocycles. The topological polar surface area (TPSA) is 51.0 Å². The Bertz CT molecular complexity index is 825. The van der Waals surface area contributed by atoms with Gasteiger partial charge in [-0.25, -0.2) is 9.67 Å². The van der Waals surface area contributed by atoms with Crippen LogP contribution < -0.4 is 4.90 Å². The van der Waals surface area contributed by atoms with Crippen LogP contribution in [0, 0.1) is 0 Å². The first-order chi connectivity index (χ1) is 11.6. The van der Waals surface area contributed by atoms with Crippen molar-refractivity contribution in [3.05, 3.63) is 59.4 Å². The van der Waals surface area contributed by atoms with Crippen LogP contribution in [-0.2, 0) is 0 Å². The lowest BCUT2D eigenvalue weighted by molar-refractivity contribution is 0.0993. The Labute approximate surface area is 145 Å². The van der Waals surface area contributed by atoms with E-state index in [1.807, 2.05) is 41.9 Å². The summed E-state index contributed by atoms with van der Waals surface area (Å²) in [4.78, 5) is 19.0. The quantitative estimate of drug-likeness (QED) is 0.702. The first-order valence-electron chi connectivity index (χ1n) is 7.93. The fraction of sp³-hybridized carbons (Fsp3) is 0.278. The number of thiazole rings is 1. The van der Waals surface area contributed by atoms with Gasteiger partial charge in [-0.2, -0.15) is 5.10 Å². The molecule has 1 amide bonds. The zero-order valence-corrected chi connectivity index (χ0v) is 14.8. The molecule has 0 aliphatic rings. The van der Waals surface area contributed by atoms with E-state index in [-0.39, 0.29) is 5.91 Å². The standard InChI is InChI=1S/C18H20N4OS/c1-4-13(2)16-12-24-18(20-16)21(3)17(23)14-7-5-8-15(11-14)22-10-6-9-19-22/h5-13H,4H2,1-3H3/t13-/m0/s1. The summed E-state index contributed by atoms with van der Waals surface area (Å²) in [6.45, 7) is 4.29. The third-order valence-electron chi connectivity index (χ3n) is 4.08. The highest BCUT2D eigenvalue weighted by Crippen LogP contribution is 2.27. The highest BCUT2D eigenvalue weighted by atomic mass is 32.1. The Morgan fingerprint density at radius 1 is 1.38 bits per heavy atom. The van der Waals surface area contributed by atoms with Gasteiger partial charge in [-0.3, -0.25) is 9.69 Å². The molecule has 6 heteroatoms. The average molecular weight is 340 g/mol. The fourth-order valence-electron chi connectivity index (χ4n) is 2.35. The zero-order valence-electron chi connectivity index (χ0n) is 14.0. The van der Waals surface area contributed by atoms with Gasteiger partial charge >= 0.3 is 0 Å². The van der Waals surface area contributed by atoms with Crippen LogP contribution >= 0.6 is 11.3 Å². The van der Waals surface area contributed by atoms with Crippen LogP contribution in [0.1, 0.15) is 42.2 Å². The zero-order chi connectivity index (χ0) is 17.1. The molecule has 0 fully saturated rings. The molecule has 0 saturated carbocycles. The fourth-order valence-corrected chi connectivity index (χ4v) is 3.26. The Balaban J connectivity index is 1.83. The summed E-state index contributed by atoms with van der Waals surface area (Å²) in [5.41, 5.74) is 2.52. The molecular formula is C18H20N4OS. The normalized spacial score (nSPS) is 12.1. The molecule has 3 rings (SSSR count). The minimum absolute atomic E-state index is 0.0749. The molecule has 1 aromatic carbocycles. The Kier molecular flexibility index (Phi) is 4.76. The van der Waals surface area contributed by atoms with Crippen molar-refractivity contribution in [2.45, 2.75) is 26.2 Å². The second-order valence-corrected chi connectivity index (χ2v) is 6.57.